The van der Waals surface area contributed by atoms with Crippen LogP contribution < -0.4 is 21.7 Å². The quantitative estimate of drug-likeness (QED) is 0.404. The number of aromatic nitrogens is 3. The van der Waals surface area contributed by atoms with E-state index in [1.807, 2.05) is 0 Å². The summed E-state index contributed by atoms with van der Waals surface area (Å²) in [5.74, 6) is 0.404. The van der Waals surface area contributed by atoms with E-state index >= 15 is 0 Å². The summed E-state index contributed by atoms with van der Waals surface area (Å²) < 4.78 is 0. The Morgan fingerprint density at radius 2 is 2.16 bits per heavy atom. The molecule has 0 spiro atoms. The molecular weight excluding hydrogens is 426 g/mol. The summed E-state index contributed by atoms with van der Waals surface area (Å²) in [6.45, 7) is 4.27. The van der Waals surface area contributed by atoms with Gasteiger partial charge in [-0.2, -0.15) is 0 Å². The van der Waals surface area contributed by atoms with E-state index in [9.17, 15) is 9.90 Å². The van der Waals surface area contributed by atoms with Crippen LogP contribution in [-0.4, -0.2) is 51.6 Å². The number of rotatable bonds is 8. The van der Waals surface area contributed by atoms with Gasteiger partial charge in [0.25, 0.3) is 5.91 Å². The first-order valence-electron chi connectivity index (χ1n) is 10.9. The largest absolute Gasteiger partial charge is 0.397 e. The molecule has 0 aliphatic carbocycles. The van der Waals surface area contributed by atoms with Gasteiger partial charge in [0.1, 0.15) is 21.6 Å². The van der Waals surface area contributed by atoms with E-state index in [0.29, 0.717) is 28.8 Å². The van der Waals surface area contributed by atoms with E-state index in [-0.39, 0.29) is 0 Å². The minimum absolute atomic E-state index is 0.315. The van der Waals surface area contributed by atoms with E-state index in [2.05, 4.69) is 33.2 Å². The summed E-state index contributed by atoms with van der Waals surface area (Å²) >= 11 is 1.27. The number of anilines is 2. The average Bonchev–Trinajstić information content (AvgIpc) is 3.15. The minimum atomic E-state index is -0.675. The zero-order valence-corrected chi connectivity index (χ0v) is 18.9. The first-order valence-corrected chi connectivity index (χ1v) is 11.7. The van der Waals surface area contributed by atoms with Crippen LogP contribution in [0.25, 0.3) is 10.2 Å². The first kappa shape index (κ1) is 22.4. The van der Waals surface area contributed by atoms with Crippen molar-refractivity contribution in [2.75, 3.05) is 30.3 Å². The van der Waals surface area contributed by atoms with Crippen molar-refractivity contribution in [2.45, 2.75) is 44.8 Å². The van der Waals surface area contributed by atoms with Crippen molar-refractivity contribution < 1.29 is 9.90 Å². The second-order valence-corrected chi connectivity index (χ2v) is 9.09. The van der Waals surface area contributed by atoms with E-state index in [1.54, 1.807) is 18.6 Å². The van der Waals surface area contributed by atoms with Gasteiger partial charge in [0.05, 0.1) is 17.6 Å². The molecule has 1 saturated heterocycles. The molecule has 32 heavy (non-hydrogen) atoms. The van der Waals surface area contributed by atoms with Crippen molar-refractivity contribution in [3.8, 4) is 0 Å². The van der Waals surface area contributed by atoms with E-state index < -0.39 is 12.0 Å². The smallest absolute Gasteiger partial charge is 0.260 e. The Kier molecular flexibility index (Phi) is 6.83. The molecule has 1 aliphatic heterocycles. The Balaban J connectivity index is 1.43. The molecule has 4 rings (SSSR count). The fraction of sp³-hybridized carbons (Fsp3) is 0.455. The lowest BCUT2D eigenvalue weighted by atomic mass is 10.0. The van der Waals surface area contributed by atoms with Gasteiger partial charge in [-0.25, -0.2) is 4.98 Å². The number of carbonyl (C=O) groups is 1. The van der Waals surface area contributed by atoms with Gasteiger partial charge in [-0.05, 0) is 30.9 Å². The molecule has 4 heterocycles. The maximum Gasteiger partial charge on any atom is 0.260 e. The number of nitrogens with one attached hydrogen (secondary N) is 1. The molecular formula is C22H29N7O2S. The second-order valence-electron chi connectivity index (χ2n) is 8.09. The maximum atomic E-state index is 11.8. The van der Waals surface area contributed by atoms with Crippen LogP contribution in [-0.2, 0) is 6.42 Å². The number of piperidine rings is 1. The number of aliphatic hydroxyl groups is 1. The number of aliphatic hydroxyl groups excluding tert-OH is 1. The van der Waals surface area contributed by atoms with Gasteiger partial charge in [0.15, 0.2) is 0 Å². The third-order valence-corrected chi connectivity index (χ3v) is 6.97. The van der Waals surface area contributed by atoms with Gasteiger partial charge in [-0.3, -0.25) is 14.8 Å². The van der Waals surface area contributed by atoms with Crippen LogP contribution in [0.4, 0.5) is 11.5 Å². The van der Waals surface area contributed by atoms with Crippen LogP contribution in [0.15, 0.2) is 24.7 Å². The molecule has 0 aromatic carbocycles. The zero-order chi connectivity index (χ0) is 22.7. The Morgan fingerprint density at radius 3 is 2.81 bits per heavy atom. The number of pyridine rings is 1. The molecule has 1 amide bonds. The maximum absolute atomic E-state index is 11.8. The molecule has 1 unspecified atom stereocenters. The Labute approximate surface area is 190 Å². The summed E-state index contributed by atoms with van der Waals surface area (Å²) in [5.41, 5.74) is 13.9. The second kappa shape index (κ2) is 9.76. The van der Waals surface area contributed by atoms with Crippen LogP contribution in [0.1, 0.15) is 53.2 Å². The number of aryl methyl sites for hydroxylation is 1. The molecule has 1 atom stereocenters. The number of primary amides is 1. The molecule has 6 N–H and O–H groups in total. The lowest BCUT2D eigenvalue weighted by Gasteiger charge is -2.34. The molecule has 0 saturated carbocycles. The van der Waals surface area contributed by atoms with Gasteiger partial charge in [0, 0.05) is 43.5 Å². The summed E-state index contributed by atoms with van der Waals surface area (Å²) in [7, 11) is 0. The van der Waals surface area contributed by atoms with E-state index in [4.69, 9.17) is 16.5 Å². The van der Waals surface area contributed by atoms with Crippen LogP contribution in [0.5, 0.6) is 0 Å². The lowest BCUT2D eigenvalue weighted by molar-refractivity contribution is 0.100. The van der Waals surface area contributed by atoms with Crippen molar-refractivity contribution >= 4 is 39.0 Å². The Hall–Kier alpha value is -2.82. The van der Waals surface area contributed by atoms with Crippen molar-refractivity contribution in [1.82, 2.24) is 20.3 Å². The normalized spacial score (nSPS) is 15.9. The number of nitrogens with zero attached hydrogens (tertiary/aromatic N) is 4. The number of carbonyl (C=O) groups excluding carboxylic acids is 1. The highest BCUT2D eigenvalue weighted by atomic mass is 32.1. The number of thiophene rings is 1. The zero-order valence-electron chi connectivity index (χ0n) is 18.1. The molecule has 3 aromatic heterocycles. The summed E-state index contributed by atoms with van der Waals surface area (Å²) in [4.78, 5) is 28.2. The van der Waals surface area contributed by atoms with Crippen molar-refractivity contribution in [3.63, 3.8) is 0 Å². The number of nitrogen functional groups attached to an aromatic ring is 1. The van der Waals surface area contributed by atoms with Crippen molar-refractivity contribution in [3.05, 3.63) is 40.8 Å². The predicted octanol–water partition coefficient (Wildman–Crippen LogP) is 2.01. The Morgan fingerprint density at radius 1 is 1.38 bits per heavy atom. The van der Waals surface area contributed by atoms with Gasteiger partial charge in [-0.1, -0.05) is 13.3 Å². The fourth-order valence-corrected chi connectivity index (χ4v) is 5.16. The van der Waals surface area contributed by atoms with Crippen molar-refractivity contribution in [2.24, 2.45) is 5.73 Å². The third-order valence-electron chi connectivity index (χ3n) is 5.85. The molecule has 1 aliphatic rings. The van der Waals surface area contributed by atoms with Crippen molar-refractivity contribution in [1.29, 1.82) is 0 Å². The fourth-order valence-electron chi connectivity index (χ4n) is 4.17. The van der Waals surface area contributed by atoms with Gasteiger partial charge in [0.2, 0.25) is 0 Å². The minimum Gasteiger partial charge on any atom is -0.397 e. The van der Waals surface area contributed by atoms with Gasteiger partial charge in [-0.15, -0.1) is 11.3 Å². The number of amides is 1. The number of hydrogen-bond acceptors (Lipinski definition) is 9. The molecule has 9 nitrogen and oxygen atoms in total. The Bertz CT molecular complexity index is 1080. The topological polar surface area (TPSA) is 143 Å². The van der Waals surface area contributed by atoms with E-state index in [1.165, 1.54) is 11.3 Å². The molecule has 0 radical (unpaired) electrons. The van der Waals surface area contributed by atoms with Crippen LogP contribution >= 0.6 is 11.3 Å². The standard InChI is InChI=1S/C22H29N7O2S/c1-2-3-13-10-17(28-22-18(13)19(23)20(32-22)21(24)31)29-8-4-14(5-9-29)27-12-16(30)15-11-25-6-7-26-15/h6-7,10-11,14,16,27,30H,2-5,8-9,12,23H2,1H3,(H2,24,31). The number of fused-ring (bicyclic) bond motifs is 1. The van der Waals surface area contributed by atoms with E-state index in [0.717, 1.165) is 60.4 Å². The predicted molar refractivity (Wildman–Crippen MR) is 127 cm³/mol. The van der Waals surface area contributed by atoms with Crippen LogP contribution in [0.2, 0.25) is 0 Å². The monoisotopic (exact) mass is 455 g/mol. The SMILES string of the molecule is CCCc1cc(N2CCC(NCC(O)c3cnccn3)CC2)nc2sc(C(N)=O)c(N)c12. The molecule has 1 fully saturated rings. The summed E-state index contributed by atoms with van der Waals surface area (Å²) in [5, 5.41) is 14.6. The third kappa shape index (κ3) is 4.67. The molecule has 10 heteroatoms. The highest BCUT2D eigenvalue weighted by molar-refractivity contribution is 7.21. The number of hydrogen-bond donors (Lipinski definition) is 4. The number of nitrogens with two attached hydrogens (primary N) is 2. The summed E-state index contributed by atoms with van der Waals surface area (Å²) in [6, 6.07) is 2.42. The highest BCUT2D eigenvalue weighted by Gasteiger charge is 2.24. The highest BCUT2D eigenvalue weighted by Crippen LogP contribution is 2.37. The molecule has 170 valence electrons. The lowest BCUT2D eigenvalue weighted by Crippen LogP contribution is -2.44. The molecule has 3 aromatic rings. The summed E-state index contributed by atoms with van der Waals surface area (Å²) in [6.07, 6.45) is 7.81. The van der Waals surface area contributed by atoms with Crippen LogP contribution in [0, 0.1) is 0 Å². The van der Waals surface area contributed by atoms with Gasteiger partial charge >= 0.3 is 0 Å². The average molecular weight is 456 g/mol. The molecule has 0 bridgehead atoms. The first-order chi connectivity index (χ1) is 15.5. The van der Waals surface area contributed by atoms with Gasteiger partial charge < -0.3 is 26.8 Å². The van der Waals surface area contributed by atoms with Crippen LogP contribution in [0.3, 0.4) is 0 Å².